The second kappa shape index (κ2) is 14.0. The van der Waals surface area contributed by atoms with Crippen molar-refractivity contribution in [1.29, 1.82) is 0 Å². The van der Waals surface area contributed by atoms with E-state index in [9.17, 15) is 8.42 Å². The number of benzene rings is 1. The minimum Gasteiger partial charge on any atom is -0.492 e. The lowest BCUT2D eigenvalue weighted by molar-refractivity contribution is 0.310. The quantitative estimate of drug-likeness (QED) is 0.253. The molecule has 1 aromatic rings. The number of ether oxygens (including phenoxy) is 1. The molecule has 0 aliphatic heterocycles. The summed E-state index contributed by atoms with van der Waals surface area (Å²) >= 11 is 0. The molecule has 0 heterocycles. The van der Waals surface area contributed by atoms with Gasteiger partial charge < -0.3 is 4.74 Å². The lowest BCUT2D eigenvalue weighted by Gasteiger charge is -2.15. The van der Waals surface area contributed by atoms with Gasteiger partial charge in [0.1, 0.15) is 17.6 Å². The van der Waals surface area contributed by atoms with Crippen molar-refractivity contribution in [3.05, 3.63) is 29.3 Å². The number of hydrogen-bond acceptors (Lipinski definition) is 3. The van der Waals surface area contributed by atoms with Gasteiger partial charge in [0.25, 0.3) is 10.1 Å². The van der Waals surface area contributed by atoms with Crippen LogP contribution in [0.2, 0.25) is 0 Å². The van der Waals surface area contributed by atoms with Gasteiger partial charge in [-0.3, -0.25) is 4.55 Å². The van der Waals surface area contributed by atoms with E-state index in [1.807, 2.05) is 6.07 Å². The van der Waals surface area contributed by atoms with Gasteiger partial charge in [-0.05, 0) is 55.9 Å². The molecular formula is C23H40O4S. The lowest BCUT2D eigenvalue weighted by atomic mass is 9.96. The van der Waals surface area contributed by atoms with E-state index in [0.29, 0.717) is 5.75 Å². The first-order chi connectivity index (χ1) is 13.4. The zero-order chi connectivity index (χ0) is 20.8. The van der Waals surface area contributed by atoms with Crippen LogP contribution in [0, 0.1) is 0 Å². The summed E-state index contributed by atoms with van der Waals surface area (Å²) in [5, 5.41) is -0.928. The summed E-state index contributed by atoms with van der Waals surface area (Å²) in [5.74, 6) is 0.689. The maximum Gasteiger partial charge on any atom is 0.270 e. The Bertz CT molecular complexity index is 640. The molecule has 0 amide bonds. The van der Waals surface area contributed by atoms with E-state index in [-0.39, 0.29) is 6.61 Å². The number of hydrogen-bond donors (Lipinski definition) is 1. The first-order valence-electron chi connectivity index (χ1n) is 11.1. The van der Waals surface area contributed by atoms with Gasteiger partial charge >= 0.3 is 0 Å². The molecule has 5 heteroatoms. The fraction of sp³-hybridized carbons (Fsp3) is 0.739. The Morgan fingerprint density at radius 1 is 0.857 bits per heavy atom. The van der Waals surface area contributed by atoms with Gasteiger partial charge in [0.05, 0.1) is 0 Å². The van der Waals surface area contributed by atoms with E-state index in [4.69, 9.17) is 9.29 Å². The average molecular weight is 413 g/mol. The van der Waals surface area contributed by atoms with Crippen LogP contribution >= 0.6 is 0 Å². The smallest absolute Gasteiger partial charge is 0.270 e. The standard InChI is InChI=1S/C23H40O4S/c1-4-6-8-10-12-14-21-16-17-23(27-19-20(3)28(24,25)26)18-22(21)15-13-11-9-7-5-2/h16-18,20H,4-15,19H2,1-3H3,(H,24,25,26). The molecule has 1 atom stereocenters. The van der Waals surface area contributed by atoms with Crippen LogP contribution in [0.3, 0.4) is 0 Å². The van der Waals surface area contributed by atoms with E-state index in [1.165, 1.54) is 82.3 Å². The van der Waals surface area contributed by atoms with Crippen molar-refractivity contribution in [3.8, 4) is 5.75 Å². The molecule has 0 aliphatic carbocycles. The van der Waals surface area contributed by atoms with Gasteiger partial charge in [-0.25, -0.2) is 0 Å². The molecule has 0 bridgehead atoms. The zero-order valence-electron chi connectivity index (χ0n) is 18.1. The summed E-state index contributed by atoms with van der Waals surface area (Å²) in [6.45, 7) is 5.88. The van der Waals surface area contributed by atoms with Gasteiger partial charge in [-0.1, -0.05) is 71.3 Å². The highest BCUT2D eigenvalue weighted by molar-refractivity contribution is 7.86. The van der Waals surface area contributed by atoms with Crippen LogP contribution in [0.15, 0.2) is 18.2 Å². The van der Waals surface area contributed by atoms with Gasteiger partial charge in [0, 0.05) is 0 Å². The SMILES string of the molecule is CCCCCCCc1ccc(OCC(C)S(=O)(=O)O)cc1CCCCCCC. The van der Waals surface area contributed by atoms with Crippen LogP contribution in [0.1, 0.15) is 96.1 Å². The Labute approximate surface area is 172 Å². The van der Waals surface area contributed by atoms with Crippen molar-refractivity contribution in [1.82, 2.24) is 0 Å². The maximum atomic E-state index is 11.2. The second-order valence-electron chi connectivity index (χ2n) is 7.90. The van der Waals surface area contributed by atoms with E-state index < -0.39 is 15.4 Å². The largest absolute Gasteiger partial charge is 0.492 e. The highest BCUT2D eigenvalue weighted by Gasteiger charge is 2.18. The normalized spacial score (nSPS) is 12.9. The van der Waals surface area contributed by atoms with E-state index in [2.05, 4.69) is 26.0 Å². The van der Waals surface area contributed by atoms with Crippen molar-refractivity contribution in [2.24, 2.45) is 0 Å². The molecule has 162 valence electrons. The highest BCUT2D eigenvalue weighted by Crippen LogP contribution is 2.23. The van der Waals surface area contributed by atoms with Gasteiger partial charge in [-0.2, -0.15) is 8.42 Å². The van der Waals surface area contributed by atoms with Crippen LogP contribution in [0.25, 0.3) is 0 Å². The fourth-order valence-electron chi connectivity index (χ4n) is 3.31. The minimum atomic E-state index is -4.06. The van der Waals surface area contributed by atoms with Crippen molar-refractivity contribution in [2.75, 3.05) is 6.61 Å². The van der Waals surface area contributed by atoms with E-state index in [0.717, 1.165) is 12.8 Å². The Hall–Kier alpha value is -1.07. The molecular weight excluding hydrogens is 372 g/mol. The first-order valence-corrected chi connectivity index (χ1v) is 12.6. The molecule has 0 aliphatic rings. The minimum absolute atomic E-state index is 0.0366. The zero-order valence-corrected chi connectivity index (χ0v) is 18.9. The van der Waals surface area contributed by atoms with Gasteiger partial charge in [-0.15, -0.1) is 0 Å². The molecule has 0 radical (unpaired) electrons. The van der Waals surface area contributed by atoms with Crippen LogP contribution < -0.4 is 4.74 Å². The topological polar surface area (TPSA) is 63.6 Å². The highest BCUT2D eigenvalue weighted by atomic mass is 32.2. The summed E-state index contributed by atoms with van der Waals surface area (Å²) in [6, 6.07) is 6.13. The summed E-state index contributed by atoms with van der Waals surface area (Å²) in [7, 11) is -4.06. The van der Waals surface area contributed by atoms with Crippen LogP contribution in [0.4, 0.5) is 0 Å². The molecule has 0 spiro atoms. The predicted octanol–water partition coefficient (Wildman–Crippen LogP) is 6.37. The third-order valence-corrected chi connectivity index (χ3v) is 6.42. The molecule has 0 saturated heterocycles. The van der Waals surface area contributed by atoms with Crippen molar-refractivity contribution in [2.45, 2.75) is 103 Å². The summed E-state index contributed by atoms with van der Waals surface area (Å²) in [6.07, 6.45) is 14.7. The number of rotatable bonds is 16. The Morgan fingerprint density at radius 3 is 1.93 bits per heavy atom. The fourth-order valence-corrected chi connectivity index (χ4v) is 3.55. The molecule has 0 fully saturated rings. The Morgan fingerprint density at radius 2 is 1.39 bits per heavy atom. The second-order valence-corrected chi connectivity index (χ2v) is 9.73. The van der Waals surface area contributed by atoms with Gasteiger partial charge in [0.2, 0.25) is 0 Å². The molecule has 28 heavy (non-hydrogen) atoms. The molecule has 1 aromatic carbocycles. The number of unbranched alkanes of at least 4 members (excludes halogenated alkanes) is 8. The van der Waals surface area contributed by atoms with E-state index >= 15 is 0 Å². The summed E-state index contributed by atoms with van der Waals surface area (Å²) < 4.78 is 37.1. The average Bonchev–Trinajstić information content (AvgIpc) is 2.66. The Kier molecular flexibility index (Phi) is 12.5. The maximum absolute atomic E-state index is 11.2. The third-order valence-electron chi connectivity index (χ3n) is 5.27. The van der Waals surface area contributed by atoms with Gasteiger partial charge in [0.15, 0.2) is 0 Å². The van der Waals surface area contributed by atoms with E-state index in [1.54, 1.807) is 0 Å². The molecule has 1 unspecified atom stereocenters. The molecule has 4 nitrogen and oxygen atoms in total. The van der Waals surface area contributed by atoms with Crippen LogP contribution in [0.5, 0.6) is 5.75 Å². The summed E-state index contributed by atoms with van der Waals surface area (Å²) in [5.41, 5.74) is 2.71. The van der Waals surface area contributed by atoms with Crippen molar-refractivity contribution in [3.63, 3.8) is 0 Å². The Balaban J connectivity index is 2.69. The van der Waals surface area contributed by atoms with Crippen molar-refractivity contribution >= 4 is 10.1 Å². The molecule has 0 saturated carbocycles. The monoisotopic (exact) mass is 412 g/mol. The van der Waals surface area contributed by atoms with Crippen LogP contribution in [-0.4, -0.2) is 24.8 Å². The van der Waals surface area contributed by atoms with Crippen molar-refractivity contribution < 1.29 is 17.7 Å². The third kappa shape index (κ3) is 10.5. The molecule has 1 N–H and O–H groups in total. The number of aryl methyl sites for hydroxylation is 2. The molecule has 1 rings (SSSR count). The predicted molar refractivity (Wildman–Crippen MR) is 118 cm³/mol. The lowest BCUT2D eigenvalue weighted by Crippen LogP contribution is -2.24. The van der Waals surface area contributed by atoms with Crippen LogP contribution in [-0.2, 0) is 23.0 Å². The first kappa shape index (κ1) is 25.0. The molecule has 0 aromatic heterocycles. The summed E-state index contributed by atoms with van der Waals surface area (Å²) in [4.78, 5) is 0.